The summed E-state index contributed by atoms with van der Waals surface area (Å²) < 4.78 is 2.09. The van der Waals surface area contributed by atoms with Crippen LogP contribution in [0.1, 0.15) is 26.1 Å². The standard InChI is InChI=1S/C10H20N4S2/c1-3-14-9(8-11)12-13-10(14)16-7-5-6-15-4-2/h3-8,11H2,1-2H3. The number of nitrogens with zero attached hydrogens (tertiary/aromatic N) is 3. The number of rotatable bonds is 8. The molecule has 92 valence electrons. The van der Waals surface area contributed by atoms with Crippen LogP contribution in [-0.4, -0.2) is 32.0 Å². The summed E-state index contributed by atoms with van der Waals surface area (Å²) >= 11 is 3.77. The normalized spacial score (nSPS) is 10.9. The number of nitrogens with two attached hydrogens (primary N) is 1. The van der Waals surface area contributed by atoms with E-state index < -0.39 is 0 Å². The minimum Gasteiger partial charge on any atom is -0.324 e. The van der Waals surface area contributed by atoms with Gasteiger partial charge >= 0.3 is 0 Å². The van der Waals surface area contributed by atoms with Crippen LogP contribution in [0.15, 0.2) is 5.16 Å². The molecule has 0 radical (unpaired) electrons. The Morgan fingerprint density at radius 2 is 2.06 bits per heavy atom. The maximum Gasteiger partial charge on any atom is 0.191 e. The molecule has 1 rings (SSSR count). The van der Waals surface area contributed by atoms with Crippen LogP contribution in [0, 0.1) is 0 Å². The molecule has 1 heterocycles. The Bertz CT molecular complexity index is 301. The fourth-order valence-electron chi connectivity index (χ4n) is 1.36. The maximum absolute atomic E-state index is 5.60. The number of hydrogen-bond donors (Lipinski definition) is 1. The van der Waals surface area contributed by atoms with Crippen LogP contribution < -0.4 is 5.73 Å². The van der Waals surface area contributed by atoms with Crippen molar-refractivity contribution in [3.8, 4) is 0 Å². The predicted octanol–water partition coefficient (Wildman–Crippen LogP) is 1.99. The molecule has 0 saturated heterocycles. The van der Waals surface area contributed by atoms with E-state index in [0.29, 0.717) is 6.54 Å². The van der Waals surface area contributed by atoms with E-state index in [2.05, 4.69) is 28.6 Å². The molecule has 0 spiro atoms. The molecule has 0 fully saturated rings. The highest BCUT2D eigenvalue weighted by Gasteiger charge is 2.08. The van der Waals surface area contributed by atoms with E-state index in [1.165, 1.54) is 17.9 Å². The second-order valence-corrected chi connectivity index (χ2v) is 5.70. The van der Waals surface area contributed by atoms with Crippen molar-refractivity contribution in [2.45, 2.75) is 38.5 Å². The van der Waals surface area contributed by atoms with Gasteiger partial charge in [0.15, 0.2) is 5.16 Å². The van der Waals surface area contributed by atoms with E-state index in [1.54, 1.807) is 11.8 Å². The average Bonchev–Trinajstić information content (AvgIpc) is 2.71. The van der Waals surface area contributed by atoms with Gasteiger partial charge in [0, 0.05) is 12.3 Å². The third-order valence-electron chi connectivity index (χ3n) is 2.16. The van der Waals surface area contributed by atoms with Gasteiger partial charge in [0.05, 0.1) is 6.54 Å². The van der Waals surface area contributed by atoms with Crippen LogP contribution in [0.3, 0.4) is 0 Å². The van der Waals surface area contributed by atoms with Crippen LogP contribution in [0.2, 0.25) is 0 Å². The maximum atomic E-state index is 5.60. The van der Waals surface area contributed by atoms with Crippen molar-refractivity contribution in [3.63, 3.8) is 0 Å². The second kappa shape index (κ2) is 7.97. The van der Waals surface area contributed by atoms with Crippen molar-refractivity contribution in [1.82, 2.24) is 14.8 Å². The molecular weight excluding hydrogens is 240 g/mol. The first-order chi connectivity index (χ1) is 7.83. The van der Waals surface area contributed by atoms with Gasteiger partial charge < -0.3 is 10.3 Å². The fourth-order valence-corrected chi connectivity index (χ4v) is 3.14. The fraction of sp³-hybridized carbons (Fsp3) is 0.800. The lowest BCUT2D eigenvalue weighted by Crippen LogP contribution is -2.08. The van der Waals surface area contributed by atoms with E-state index in [4.69, 9.17) is 5.73 Å². The van der Waals surface area contributed by atoms with Crippen LogP contribution in [0.4, 0.5) is 0 Å². The number of aromatic nitrogens is 3. The predicted molar refractivity (Wildman–Crippen MR) is 71.9 cm³/mol. The van der Waals surface area contributed by atoms with Crippen molar-refractivity contribution in [3.05, 3.63) is 5.82 Å². The molecule has 0 aliphatic heterocycles. The Hall–Kier alpha value is -0.200. The van der Waals surface area contributed by atoms with Crippen molar-refractivity contribution in [2.75, 3.05) is 17.3 Å². The zero-order chi connectivity index (χ0) is 11.8. The Morgan fingerprint density at radius 1 is 1.25 bits per heavy atom. The minimum absolute atomic E-state index is 0.465. The molecule has 0 aliphatic rings. The van der Waals surface area contributed by atoms with Gasteiger partial charge in [0.1, 0.15) is 5.82 Å². The van der Waals surface area contributed by atoms with Crippen molar-refractivity contribution in [1.29, 1.82) is 0 Å². The summed E-state index contributed by atoms with van der Waals surface area (Å²) in [6, 6.07) is 0. The van der Waals surface area contributed by atoms with Crippen LogP contribution in [0.25, 0.3) is 0 Å². The van der Waals surface area contributed by atoms with Crippen molar-refractivity contribution < 1.29 is 0 Å². The summed E-state index contributed by atoms with van der Waals surface area (Å²) in [6.07, 6.45) is 1.22. The molecule has 0 aromatic carbocycles. The molecule has 0 bridgehead atoms. The monoisotopic (exact) mass is 260 g/mol. The summed E-state index contributed by atoms with van der Waals surface area (Å²) in [7, 11) is 0. The molecule has 0 amide bonds. The molecule has 0 saturated carbocycles. The van der Waals surface area contributed by atoms with Crippen molar-refractivity contribution >= 4 is 23.5 Å². The average molecular weight is 260 g/mol. The molecule has 1 aromatic heterocycles. The van der Waals surface area contributed by atoms with Crippen LogP contribution in [-0.2, 0) is 13.1 Å². The highest BCUT2D eigenvalue weighted by molar-refractivity contribution is 8.00. The van der Waals surface area contributed by atoms with Gasteiger partial charge in [-0.05, 0) is 24.9 Å². The SMILES string of the molecule is CCSCCCSc1nnc(CN)n1CC. The summed E-state index contributed by atoms with van der Waals surface area (Å²) in [5, 5.41) is 9.25. The molecule has 1 aromatic rings. The third-order valence-corrected chi connectivity index (χ3v) is 4.20. The first-order valence-corrected chi connectivity index (χ1v) is 7.80. The Kier molecular flexibility index (Phi) is 6.91. The smallest absolute Gasteiger partial charge is 0.191 e. The molecule has 0 atom stereocenters. The van der Waals surface area contributed by atoms with E-state index in [-0.39, 0.29) is 0 Å². The van der Waals surface area contributed by atoms with E-state index in [0.717, 1.165) is 23.3 Å². The van der Waals surface area contributed by atoms with Gasteiger partial charge in [-0.1, -0.05) is 18.7 Å². The highest BCUT2D eigenvalue weighted by atomic mass is 32.2. The highest BCUT2D eigenvalue weighted by Crippen LogP contribution is 2.18. The van der Waals surface area contributed by atoms with Crippen molar-refractivity contribution in [2.24, 2.45) is 5.73 Å². The lowest BCUT2D eigenvalue weighted by molar-refractivity contribution is 0.643. The summed E-state index contributed by atoms with van der Waals surface area (Å²) in [5.74, 6) is 4.42. The summed E-state index contributed by atoms with van der Waals surface area (Å²) in [6.45, 7) is 5.65. The molecule has 4 nitrogen and oxygen atoms in total. The van der Waals surface area contributed by atoms with E-state index in [1.807, 2.05) is 11.8 Å². The first kappa shape index (κ1) is 13.9. The zero-order valence-corrected chi connectivity index (χ0v) is 11.6. The third kappa shape index (κ3) is 3.99. The zero-order valence-electron chi connectivity index (χ0n) is 9.98. The summed E-state index contributed by atoms with van der Waals surface area (Å²) in [4.78, 5) is 0. The van der Waals surface area contributed by atoms with Gasteiger partial charge in [0.2, 0.25) is 0 Å². The molecule has 6 heteroatoms. The topological polar surface area (TPSA) is 56.7 Å². The van der Waals surface area contributed by atoms with Crippen LogP contribution >= 0.6 is 23.5 Å². The van der Waals surface area contributed by atoms with E-state index >= 15 is 0 Å². The lowest BCUT2D eigenvalue weighted by atomic mass is 10.6. The van der Waals surface area contributed by atoms with Gasteiger partial charge in [-0.3, -0.25) is 0 Å². The van der Waals surface area contributed by atoms with Gasteiger partial charge in [-0.15, -0.1) is 10.2 Å². The lowest BCUT2D eigenvalue weighted by Gasteiger charge is -2.05. The Morgan fingerprint density at radius 3 is 2.69 bits per heavy atom. The molecule has 2 N–H and O–H groups in total. The van der Waals surface area contributed by atoms with Crippen LogP contribution in [0.5, 0.6) is 0 Å². The number of hydrogen-bond acceptors (Lipinski definition) is 5. The summed E-state index contributed by atoms with van der Waals surface area (Å²) in [5.41, 5.74) is 5.60. The van der Waals surface area contributed by atoms with Gasteiger partial charge in [0.25, 0.3) is 0 Å². The number of thioether (sulfide) groups is 2. The molecule has 16 heavy (non-hydrogen) atoms. The first-order valence-electron chi connectivity index (χ1n) is 5.66. The quantitative estimate of drug-likeness (QED) is 0.572. The van der Waals surface area contributed by atoms with Gasteiger partial charge in [-0.2, -0.15) is 11.8 Å². The Balaban J connectivity index is 2.38. The van der Waals surface area contributed by atoms with E-state index in [9.17, 15) is 0 Å². The molecule has 0 aliphatic carbocycles. The Labute approximate surface area is 106 Å². The molecular formula is C10H20N4S2. The molecule has 0 unspecified atom stereocenters. The van der Waals surface area contributed by atoms with Gasteiger partial charge in [-0.25, -0.2) is 0 Å². The largest absolute Gasteiger partial charge is 0.324 e. The minimum atomic E-state index is 0.465. The second-order valence-electron chi connectivity index (χ2n) is 3.25.